The average molecular weight is 719 g/mol. The van der Waals surface area contributed by atoms with Gasteiger partial charge in [-0.15, -0.1) is 11.8 Å². The van der Waals surface area contributed by atoms with Crippen molar-refractivity contribution in [1.82, 2.24) is 10.2 Å². The van der Waals surface area contributed by atoms with Gasteiger partial charge in [0.15, 0.2) is 11.5 Å². The maximum atomic E-state index is 12.5. The molecule has 0 atom stereocenters. The molecule has 1 saturated heterocycles. The number of alkyl halides is 2. The van der Waals surface area contributed by atoms with Gasteiger partial charge < -0.3 is 19.7 Å². The van der Waals surface area contributed by atoms with Crippen molar-refractivity contribution < 1.29 is 14.3 Å². The summed E-state index contributed by atoms with van der Waals surface area (Å²) in [6, 6.07) is 14.5. The molecule has 188 valence electrons. The molecule has 2 aliphatic heterocycles. The topological polar surface area (TPSA) is 54.0 Å². The number of carbonyl (C=O) groups excluding carboxylic acids is 1. The van der Waals surface area contributed by atoms with Crippen LogP contribution >= 0.6 is 56.9 Å². The molecule has 2 aliphatic rings. The molecule has 1 fully saturated rings. The number of nitrogens with zero attached hydrogens (tertiary/aromatic N) is 2. The number of piperazine rings is 1. The van der Waals surface area contributed by atoms with E-state index in [1.807, 2.05) is 24.3 Å². The van der Waals surface area contributed by atoms with Crippen LogP contribution in [0.15, 0.2) is 52.9 Å². The van der Waals surface area contributed by atoms with E-state index in [1.165, 1.54) is 10.6 Å². The number of carbonyl (C=O) groups is 1. The molecule has 6 nitrogen and oxygen atoms in total. The summed E-state index contributed by atoms with van der Waals surface area (Å²) in [7, 11) is 0. The highest BCUT2D eigenvalue weighted by Crippen LogP contribution is 2.33. The molecule has 0 aliphatic carbocycles. The number of benzene rings is 2. The summed E-state index contributed by atoms with van der Waals surface area (Å²) in [5, 5.41) is 3.11. The van der Waals surface area contributed by atoms with Crippen molar-refractivity contribution in [2.45, 2.75) is 17.7 Å². The van der Waals surface area contributed by atoms with Gasteiger partial charge in [-0.1, -0.05) is 18.2 Å². The second kappa shape index (κ2) is 13.9. The second-order valence-corrected chi connectivity index (χ2v) is 10.7. The third-order valence-corrected chi connectivity index (χ3v) is 7.96. The van der Waals surface area contributed by atoms with Crippen molar-refractivity contribution in [3.8, 4) is 11.5 Å². The highest BCUT2D eigenvalue weighted by Gasteiger charge is 2.19. The van der Waals surface area contributed by atoms with E-state index < -0.39 is 0 Å². The van der Waals surface area contributed by atoms with Crippen LogP contribution in [0.3, 0.4) is 0 Å². The summed E-state index contributed by atoms with van der Waals surface area (Å²) < 4.78 is 12.6. The minimum Gasteiger partial charge on any atom is -0.479 e. The summed E-state index contributed by atoms with van der Waals surface area (Å²) in [6.07, 6.45) is 4.12. The van der Waals surface area contributed by atoms with Crippen molar-refractivity contribution in [2.75, 3.05) is 59.1 Å². The Morgan fingerprint density at radius 1 is 0.971 bits per heavy atom. The Morgan fingerprint density at radius 3 is 2.54 bits per heavy atom. The van der Waals surface area contributed by atoms with Crippen molar-refractivity contribution in [1.29, 1.82) is 0 Å². The van der Waals surface area contributed by atoms with Crippen LogP contribution in [0.4, 0.5) is 5.69 Å². The van der Waals surface area contributed by atoms with Crippen molar-refractivity contribution >= 4 is 74.6 Å². The first-order valence-electron chi connectivity index (χ1n) is 11.9. The Labute approximate surface area is 239 Å². The molecule has 35 heavy (non-hydrogen) atoms. The van der Waals surface area contributed by atoms with Crippen LogP contribution in [-0.4, -0.2) is 65.1 Å². The van der Waals surface area contributed by atoms with Gasteiger partial charge >= 0.3 is 0 Å². The number of amides is 1. The lowest BCUT2D eigenvalue weighted by Gasteiger charge is -2.36. The SMILES string of the molecule is O=C(NCCCCN1CCN(c2ccc(OCI)c(OCI)c2)CC1)C1=Cc2ccccc2SC1. The van der Waals surface area contributed by atoms with Crippen LogP contribution in [0.1, 0.15) is 18.4 Å². The monoisotopic (exact) mass is 719 g/mol. The Kier molecular flexibility index (Phi) is 10.7. The predicted molar refractivity (Wildman–Crippen MR) is 162 cm³/mol. The van der Waals surface area contributed by atoms with Gasteiger partial charge in [-0.3, -0.25) is 9.69 Å². The van der Waals surface area contributed by atoms with E-state index in [4.69, 9.17) is 9.47 Å². The molecular weight excluding hydrogens is 688 g/mol. The maximum Gasteiger partial charge on any atom is 0.248 e. The van der Waals surface area contributed by atoms with Crippen molar-refractivity contribution in [3.63, 3.8) is 0 Å². The van der Waals surface area contributed by atoms with Gasteiger partial charge in [0.2, 0.25) is 5.91 Å². The number of rotatable bonds is 11. The summed E-state index contributed by atoms with van der Waals surface area (Å²) in [5.41, 5.74) is 3.20. The average Bonchev–Trinajstić information content (AvgIpc) is 2.90. The number of ether oxygens (including phenoxy) is 2. The third kappa shape index (κ3) is 7.65. The summed E-state index contributed by atoms with van der Waals surface area (Å²) in [5.74, 6) is 2.42. The van der Waals surface area contributed by atoms with Crippen LogP contribution in [0, 0.1) is 0 Å². The standard InChI is InChI=1S/C26H31I2N3O3S/c27-18-33-23-8-7-22(16-24(23)34-19-28)31-13-11-30(12-14-31)10-4-3-9-29-26(32)21-15-20-5-1-2-6-25(20)35-17-21/h1-2,5-8,15-16H,3-4,9-14,17-19H2,(H,29,32). The highest BCUT2D eigenvalue weighted by molar-refractivity contribution is 14.1. The van der Waals surface area contributed by atoms with E-state index in [0.717, 1.165) is 80.5 Å². The number of fused-ring (bicyclic) bond motifs is 1. The first-order valence-corrected chi connectivity index (χ1v) is 15.9. The lowest BCUT2D eigenvalue weighted by molar-refractivity contribution is -0.117. The Bertz CT molecular complexity index is 1030. The minimum absolute atomic E-state index is 0.0708. The Hall–Kier alpha value is -1.18. The molecule has 0 spiro atoms. The maximum absolute atomic E-state index is 12.5. The zero-order chi connectivity index (χ0) is 24.5. The molecular formula is C26H31I2N3O3S. The zero-order valence-corrected chi connectivity index (χ0v) is 24.8. The van der Waals surface area contributed by atoms with Crippen molar-refractivity contribution in [3.05, 3.63) is 53.6 Å². The van der Waals surface area contributed by atoms with E-state index >= 15 is 0 Å². The number of hydrogen-bond acceptors (Lipinski definition) is 6. The van der Waals surface area contributed by atoms with E-state index in [9.17, 15) is 4.79 Å². The first kappa shape index (κ1) is 26.9. The Balaban J connectivity index is 1.15. The van der Waals surface area contributed by atoms with Gasteiger partial charge in [0.05, 0.1) is 0 Å². The number of nitrogens with one attached hydrogen (secondary N) is 1. The van der Waals surface area contributed by atoms with E-state index in [0.29, 0.717) is 9.23 Å². The largest absolute Gasteiger partial charge is 0.479 e. The quantitative estimate of drug-likeness (QED) is 0.190. The van der Waals surface area contributed by atoms with Gasteiger partial charge in [-0.25, -0.2) is 0 Å². The number of unbranched alkanes of at least 4 members (excludes halogenated alkanes) is 1. The number of anilines is 1. The van der Waals surface area contributed by atoms with E-state index in [2.05, 4.69) is 84.6 Å². The van der Waals surface area contributed by atoms with Crippen LogP contribution < -0.4 is 19.7 Å². The minimum atomic E-state index is 0.0708. The molecule has 0 radical (unpaired) electrons. The lowest BCUT2D eigenvalue weighted by atomic mass is 10.1. The molecule has 9 heteroatoms. The van der Waals surface area contributed by atoms with Crippen LogP contribution in [0.2, 0.25) is 0 Å². The molecule has 0 unspecified atom stereocenters. The van der Waals surface area contributed by atoms with Crippen LogP contribution in [0.25, 0.3) is 6.08 Å². The Morgan fingerprint density at radius 2 is 1.74 bits per heavy atom. The van der Waals surface area contributed by atoms with Gasteiger partial charge in [-0.05, 0) is 94.4 Å². The summed E-state index contributed by atoms with van der Waals surface area (Å²) in [6.45, 7) is 5.89. The van der Waals surface area contributed by atoms with Crippen LogP contribution in [-0.2, 0) is 4.79 Å². The van der Waals surface area contributed by atoms with Crippen LogP contribution in [0.5, 0.6) is 11.5 Å². The van der Waals surface area contributed by atoms with Gasteiger partial charge in [0, 0.05) is 60.7 Å². The predicted octanol–water partition coefficient (Wildman–Crippen LogP) is 5.44. The van der Waals surface area contributed by atoms with Gasteiger partial charge in [0.25, 0.3) is 0 Å². The molecule has 0 aromatic heterocycles. The third-order valence-electron chi connectivity index (χ3n) is 6.20. The van der Waals surface area contributed by atoms with Gasteiger partial charge in [-0.2, -0.15) is 0 Å². The molecule has 0 saturated carbocycles. The zero-order valence-electron chi connectivity index (χ0n) is 19.7. The number of thioether (sulfide) groups is 1. The smallest absolute Gasteiger partial charge is 0.248 e. The molecule has 4 rings (SSSR count). The number of hydrogen-bond donors (Lipinski definition) is 1. The molecule has 2 heterocycles. The molecule has 2 aromatic carbocycles. The van der Waals surface area contributed by atoms with Crippen molar-refractivity contribution in [2.24, 2.45) is 0 Å². The highest BCUT2D eigenvalue weighted by atomic mass is 127. The summed E-state index contributed by atoms with van der Waals surface area (Å²) >= 11 is 6.15. The van der Waals surface area contributed by atoms with E-state index in [1.54, 1.807) is 11.8 Å². The molecule has 1 N–H and O–H groups in total. The fourth-order valence-electron chi connectivity index (χ4n) is 4.30. The molecule has 2 aromatic rings. The van der Waals surface area contributed by atoms with E-state index in [-0.39, 0.29) is 5.91 Å². The summed E-state index contributed by atoms with van der Waals surface area (Å²) in [4.78, 5) is 18.7. The lowest BCUT2D eigenvalue weighted by Crippen LogP contribution is -2.46. The number of halogens is 2. The molecule has 0 bridgehead atoms. The van der Waals surface area contributed by atoms with Gasteiger partial charge in [0.1, 0.15) is 9.23 Å². The second-order valence-electron chi connectivity index (χ2n) is 8.43. The fraction of sp³-hybridized carbons (Fsp3) is 0.423. The fourth-order valence-corrected chi connectivity index (χ4v) is 5.96. The normalized spacial score (nSPS) is 15.8. The first-order chi connectivity index (χ1) is 17.2. The molecule has 1 amide bonds.